The molecule has 3 N–H and O–H groups in total. The number of hydrogen-bond acceptors (Lipinski definition) is 4. The fraction of sp³-hybridized carbons (Fsp3) is 0.533. The van der Waals surface area contributed by atoms with Crippen molar-refractivity contribution in [3.63, 3.8) is 0 Å². The van der Waals surface area contributed by atoms with Gasteiger partial charge in [-0.15, -0.1) is 0 Å². The number of carbonyl (C=O) groups excluding carboxylic acids is 1. The van der Waals surface area contributed by atoms with Gasteiger partial charge in [-0.25, -0.2) is 0 Å². The predicted octanol–water partition coefficient (Wildman–Crippen LogP) is 1.32. The lowest BCUT2D eigenvalue weighted by molar-refractivity contribution is -0.127. The topological polar surface area (TPSA) is 73.6 Å². The van der Waals surface area contributed by atoms with Crippen LogP contribution in [0.25, 0.3) is 0 Å². The molecule has 0 saturated heterocycles. The van der Waals surface area contributed by atoms with Gasteiger partial charge >= 0.3 is 0 Å². The molecule has 1 aromatic rings. The van der Waals surface area contributed by atoms with Gasteiger partial charge in [0.15, 0.2) is 6.10 Å². The Balaban J connectivity index is 1.77. The number of carbonyl (C=O) groups is 1. The number of nitrogens with two attached hydrogens (primary N) is 1. The van der Waals surface area contributed by atoms with Crippen LogP contribution in [0.15, 0.2) is 24.3 Å². The van der Waals surface area contributed by atoms with Crippen LogP contribution in [-0.2, 0) is 4.79 Å². The summed E-state index contributed by atoms with van der Waals surface area (Å²) in [5, 5.41) is 2.83. The highest BCUT2D eigenvalue weighted by atomic mass is 16.5. The minimum atomic E-state index is -0.546. The van der Waals surface area contributed by atoms with Crippen molar-refractivity contribution in [1.82, 2.24) is 5.32 Å². The van der Waals surface area contributed by atoms with Gasteiger partial charge in [0, 0.05) is 12.6 Å². The van der Waals surface area contributed by atoms with Crippen molar-refractivity contribution < 1.29 is 14.3 Å². The summed E-state index contributed by atoms with van der Waals surface area (Å²) < 4.78 is 10.6. The molecule has 0 aliphatic heterocycles. The Morgan fingerprint density at radius 2 is 1.95 bits per heavy atom. The van der Waals surface area contributed by atoms with E-state index in [0.29, 0.717) is 18.2 Å². The fourth-order valence-electron chi connectivity index (χ4n) is 1.97. The lowest BCUT2D eigenvalue weighted by Gasteiger charge is -2.17. The Morgan fingerprint density at radius 1 is 1.35 bits per heavy atom. The molecule has 0 bridgehead atoms. The van der Waals surface area contributed by atoms with E-state index in [1.54, 1.807) is 38.3 Å². The van der Waals surface area contributed by atoms with Gasteiger partial charge in [-0.05, 0) is 49.9 Å². The zero-order valence-corrected chi connectivity index (χ0v) is 12.0. The molecule has 20 heavy (non-hydrogen) atoms. The molecule has 2 atom stereocenters. The van der Waals surface area contributed by atoms with Crippen molar-refractivity contribution in [3.8, 4) is 11.5 Å². The second-order valence-corrected chi connectivity index (χ2v) is 5.18. The molecule has 1 saturated carbocycles. The number of amides is 1. The molecule has 110 valence electrons. The molecule has 1 aromatic carbocycles. The molecule has 1 fully saturated rings. The van der Waals surface area contributed by atoms with Crippen LogP contribution >= 0.6 is 0 Å². The number of benzene rings is 1. The van der Waals surface area contributed by atoms with E-state index >= 15 is 0 Å². The molecule has 5 nitrogen and oxygen atoms in total. The molecule has 0 aromatic heterocycles. The maximum Gasteiger partial charge on any atom is 0.260 e. The first-order valence-electron chi connectivity index (χ1n) is 6.94. The standard InChI is InChI=1S/C15H22N2O3/c1-10(15(18)17-9-14(16)11-3-4-11)20-13-7-5-12(19-2)6-8-13/h5-8,10-11,14H,3-4,9,16H2,1-2H3,(H,17,18). The largest absolute Gasteiger partial charge is 0.497 e. The molecule has 2 rings (SSSR count). The van der Waals surface area contributed by atoms with Gasteiger partial charge in [-0.1, -0.05) is 0 Å². The van der Waals surface area contributed by atoms with Crippen LogP contribution in [0.1, 0.15) is 19.8 Å². The third-order valence-electron chi connectivity index (χ3n) is 3.48. The van der Waals surface area contributed by atoms with Gasteiger partial charge in [0.2, 0.25) is 0 Å². The van der Waals surface area contributed by atoms with Crippen LogP contribution < -0.4 is 20.5 Å². The van der Waals surface area contributed by atoms with Crippen LogP contribution in [-0.4, -0.2) is 31.7 Å². The first kappa shape index (κ1) is 14.7. The van der Waals surface area contributed by atoms with Gasteiger partial charge in [-0.2, -0.15) is 0 Å². The smallest absolute Gasteiger partial charge is 0.260 e. The maximum atomic E-state index is 11.9. The summed E-state index contributed by atoms with van der Waals surface area (Å²) in [6, 6.07) is 7.20. The van der Waals surface area contributed by atoms with Crippen molar-refractivity contribution in [2.75, 3.05) is 13.7 Å². The van der Waals surface area contributed by atoms with Gasteiger partial charge < -0.3 is 20.5 Å². The summed E-state index contributed by atoms with van der Waals surface area (Å²) >= 11 is 0. The summed E-state index contributed by atoms with van der Waals surface area (Å²) in [5.41, 5.74) is 5.94. The van der Waals surface area contributed by atoms with E-state index in [2.05, 4.69) is 5.32 Å². The van der Waals surface area contributed by atoms with Crippen LogP contribution in [0.3, 0.4) is 0 Å². The fourth-order valence-corrected chi connectivity index (χ4v) is 1.97. The van der Waals surface area contributed by atoms with Gasteiger partial charge in [0.1, 0.15) is 11.5 Å². The molecule has 0 heterocycles. The Morgan fingerprint density at radius 3 is 2.50 bits per heavy atom. The summed E-state index contributed by atoms with van der Waals surface area (Å²) in [4.78, 5) is 11.9. The number of rotatable bonds is 7. The Bertz CT molecular complexity index is 443. The average molecular weight is 278 g/mol. The van der Waals surface area contributed by atoms with Crippen molar-refractivity contribution in [2.45, 2.75) is 31.9 Å². The molecule has 0 radical (unpaired) electrons. The summed E-state index contributed by atoms with van der Waals surface area (Å²) in [5.74, 6) is 1.83. The Labute approximate surface area is 119 Å². The quantitative estimate of drug-likeness (QED) is 0.789. The average Bonchev–Trinajstić information content (AvgIpc) is 3.29. The van der Waals surface area contributed by atoms with Crippen molar-refractivity contribution >= 4 is 5.91 Å². The molecule has 0 spiro atoms. The van der Waals surface area contributed by atoms with E-state index in [9.17, 15) is 4.79 Å². The van der Waals surface area contributed by atoms with Crippen LogP contribution in [0.2, 0.25) is 0 Å². The van der Waals surface area contributed by atoms with E-state index < -0.39 is 6.10 Å². The minimum Gasteiger partial charge on any atom is -0.497 e. The van der Waals surface area contributed by atoms with E-state index in [1.807, 2.05) is 0 Å². The molecule has 1 aliphatic rings. The Hall–Kier alpha value is -1.75. The van der Waals surface area contributed by atoms with Gasteiger partial charge in [0.25, 0.3) is 5.91 Å². The molecule has 1 amide bonds. The first-order valence-corrected chi connectivity index (χ1v) is 6.94. The number of hydrogen-bond donors (Lipinski definition) is 2. The summed E-state index contributed by atoms with van der Waals surface area (Å²) in [6.07, 6.45) is 1.80. The first-order chi connectivity index (χ1) is 9.60. The van der Waals surface area contributed by atoms with Crippen LogP contribution in [0.5, 0.6) is 11.5 Å². The van der Waals surface area contributed by atoms with Gasteiger partial charge in [0.05, 0.1) is 7.11 Å². The maximum absolute atomic E-state index is 11.9. The SMILES string of the molecule is COc1ccc(OC(C)C(=O)NCC(N)C2CC2)cc1. The molecule has 1 aliphatic carbocycles. The minimum absolute atomic E-state index is 0.0622. The van der Waals surface area contributed by atoms with E-state index in [1.165, 1.54) is 12.8 Å². The molecular weight excluding hydrogens is 256 g/mol. The summed E-state index contributed by atoms with van der Waals surface area (Å²) in [7, 11) is 1.61. The van der Waals surface area contributed by atoms with Crippen LogP contribution in [0.4, 0.5) is 0 Å². The number of ether oxygens (including phenoxy) is 2. The van der Waals surface area contributed by atoms with Crippen molar-refractivity contribution in [3.05, 3.63) is 24.3 Å². The summed E-state index contributed by atoms with van der Waals surface area (Å²) in [6.45, 7) is 2.24. The predicted molar refractivity (Wildman–Crippen MR) is 76.8 cm³/mol. The zero-order chi connectivity index (χ0) is 14.5. The highest BCUT2D eigenvalue weighted by molar-refractivity contribution is 5.80. The third-order valence-corrected chi connectivity index (χ3v) is 3.48. The van der Waals surface area contributed by atoms with Gasteiger partial charge in [-0.3, -0.25) is 4.79 Å². The molecule has 5 heteroatoms. The van der Waals surface area contributed by atoms with Crippen molar-refractivity contribution in [2.24, 2.45) is 11.7 Å². The lowest BCUT2D eigenvalue weighted by Crippen LogP contribution is -2.43. The van der Waals surface area contributed by atoms with E-state index in [4.69, 9.17) is 15.2 Å². The highest BCUT2D eigenvalue weighted by Gasteiger charge is 2.28. The highest BCUT2D eigenvalue weighted by Crippen LogP contribution is 2.31. The second kappa shape index (κ2) is 6.61. The monoisotopic (exact) mass is 278 g/mol. The zero-order valence-electron chi connectivity index (χ0n) is 12.0. The number of nitrogens with one attached hydrogen (secondary N) is 1. The normalized spacial score (nSPS) is 17.1. The Kier molecular flexibility index (Phi) is 4.84. The second-order valence-electron chi connectivity index (χ2n) is 5.18. The van der Waals surface area contributed by atoms with E-state index in [-0.39, 0.29) is 11.9 Å². The van der Waals surface area contributed by atoms with Crippen LogP contribution in [0, 0.1) is 5.92 Å². The molecular formula is C15H22N2O3. The van der Waals surface area contributed by atoms with Crippen molar-refractivity contribution in [1.29, 1.82) is 0 Å². The molecule has 2 unspecified atom stereocenters. The number of methoxy groups -OCH3 is 1. The third kappa shape index (κ3) is 4.13. The van der Waals surface area contributed by atoms with E-state index in [0.717, 1.165) is 5.75 Å². The lowest BCUT2D eigenvalue weighted by atomic mass is 10.2.